The molecule has 0 spiro atoms. The van der Waals surface area contributed by atoms with Crippen molar-refractivity contribution in [2.45, 2.75) is 83.1 Å². The zero-order chi connectivity index (χ0) is 29.8. The first-order valence-electron chi connectivity index (χ1n) is 14.6. The second kappa shape index (κ2) is 17.3. The van der Waals surface area contributed by atoms with E-state index in [1.807, 2.05) is 6.92 Å². The quantitative estimate of drug-likeness (QED) is 0.154. The van der Waals surface area contributed by atoms with E-state index in [9.17, 15) is 24.9 Å². The highest BCUT2D eigenvalue weighted by atomic mass is 127. The van der Waals surface area contributed by atoms with E-state index in [0.717, 1.165) is 19.3 Å². The van der Waals surface area contributed by atoms with Gasteiger partial charge in [0.25, 0.3) is 0 Å². The molecule has 10 nitrogen and oxygen atoms in total. The highest BCUT2D eigenvalue weighted by Crippen LogP contribution is 2.37. The van der Waals surface area contributed by atoms with Crippen LogP contribution < -0.4 is 14.8 Å². The Kier molecular flexibility index (Phi) is 14.1. The number of rotatable bonds is 16. The number of hydrogen-bond donors (Lipinski definition) is 4. The van der Waals surface area contributed by atoms with Gasteiger partial charge in [-0.3, -0.25) is 9.59 Å². The number of ether oxygens (including phenoxy) is 3. The molecule has 230 valence electrons. The Bertz CT molecular complexity index is 1030. The van der Waals surface area contributed by atoms with Crippen molar-refractivity contribution in [3.63, 3.8) is 0 Å². The highest BCUT2D eigenvalue weighted by molar-refractivity contribution is 14.1. The molecule has 41 heavy (non-hydrogen) atoms. The number of carbonyl (C=O) groups is 2. The van der Waals surface area contributed by atoms with Gasteiger partial charge in [-0.15, -0.1) is 0 Å². The molecule has 3 atom stereocenters. The van der Waals surface area contributed by atoms with Crippen LogP contribution in [0.4, 0.5) is 0 Å². The van der Waals surface area contributed by atoms with Crippen molar-refractivity contribution in [3.8, 4) is 11.5 Å². The fraction of sp³-hybridized carbons (Fsp3) is 0.667. The maximum absolute atomic E-state index is 13.7. The van der Waals surface area contributed by atoms with Gasteiger partial charge >= 0.3 is 0 Å². The summed E-state index contributed by atoms with van der Waals surface area (Å²) in [5, 5.41) is 33.2. The van der Waals surface area contributed by atoms with Gasteiger partial charge < -0.3 is 39.7 Å². The van der Waals surface area contributed by atoms with Gasteiger partial charge in [0.15, 0.2) is 11.5 Å². The molecule has 1 saturated carbocycles. The van der Waals surface area contributed by atoms with Crippen LogP contribution in [0.25, 0.3) is 0 Å². The van der Waals surface area contributed by atoms with Crippen LogP contribution in [-0.2, 0) is 20.9 Å². The number of aliphatic hydroxyl groups excluding tert-OH is 3. The standard InChI is InChI=1S/C30H45IN2O8/c1-3-40-14-6-12-33(27(36)10-9-20-7-4-5-8-20)24-17-22(30(38)32-11-13-34)18-25(28(24)37)41-29-23(31)15-21(19-35)16-26(29)39-2/h15-16,18,20,24-25,28,34-35,37H,3-14,17,19H2,1-2H3,(H,32,38)/t24-,25+,28+/m1/s1. The number of benzene rings is 1. The summed E-state index contributed by atoms with van der Waals surface area (Å²) in [5.41, 5.74) is 1.02. The maximum Gasteiger partial charge on any atom is 0.247 e. The summed E-state index contributed by atoms with van der Waals surface area (Å²) in [7, 11) is 1.49. The van der Waals surface area contributed by atoms with Crippen LogP contribution in [0.15, 0.2) is 23.8 Å². The molecule has 2 amide bonds. The van der Waals surface area contributed by atoms with E-state index in [1.165, 1.54) is 20.0 Å². The molecule has 0 saturated heterocycles. The maximum atomic E-state index is 13.7. The average molecular weight is 689 g/mol. The molecule has 1 aromatic carbocycles. The van der Waals surface area contributed by atoms with Crippen LogP contribution >= 0.6 is 22.6 Å². The minimum Gasteiger partial charge on any atom is -0.493 e. The Morgan fingerprint density at radius 3 is 2.61 bits per heavy atom. The van der Waals surface area contributed by atoms with E-state index < -0.39 is 18.2 Å². The van der Waals surface area contributed by atoms with Gasteiger partial charge in [-0.05, 0) is 72.0 Å². The molecule has 0 heterocycles. The van der Waals surface area contributed by atoms with Crippen molar-refractivity contribution in [2.24, 2.45) is 5.92 Å². The lowest BCUT2D eigenvalue weighted by atomic mass is 9.87. The molecule has 2 aliphatic rings. The third-order valence-corrected chi connectivity index (χ3v) is 8.60. The van der Waals surface area contributed by atoms with E-state index in [-0.39, 0.29) is 38.0 Å². The lowest BCUT2D eigenvalue weighted by Crippen LogP contribution is -2.55. The van der Waals surface area contributed by atoms with Crippen LogP contribution in [0.3, 0.4) is 0 Å². The Labute approximate surface area is 256 Å². The van der Waals surface area contributed by atoms with Crippen molar-refractivity contribution in [1.82, 2.24) is 10.2 Å². The van der Waals surface area contributed by atoms with Gasteiger partial charge in [0.2, 0.25) is 11.8 Å². The van der Waals surface area contributed by atoms with Gasteiger partial charge in [-0.25, -0.2) is 0 Å². The largest absolute Gasteiger partial charge is 0.493 e. The van der Waals surface area contributed by atoms with E-state index in [1.54, 1.807) is 23.1 Å². The first kappa shape index (κ1) is 33.6. The molecule has 3 rings (SSSR count). The molecule has 0 unspecified atom stereocenters. The first-order chi connectivity index (χ1) is 19.8. The number of hydrogen-bond acceptors (Lipinski definition) is 8. The smallest absolute Gasteiger partial charge is 0.247 e. The molecule has 0 radical (unpaired) electrons. The summed E-state index contributed by atoms with van der Waals surface area (Å²) in [4.78, 5) is 28.5. The molecule has 2 aliphatic carbocycles. The van der Waals surface area contributed by atoms with Crippen molar-refractivity contribution in [3.05, 3.63) is 32.9 Å². The van der Waals surface area contributed by atoms with E-state index in [4.69, 9.17) is 14.2 Å². The second-order valence-corrected chi connectivity index (χ2v) is 11.8. The lowest BCUT2D eigenvalue weighted by molar-refractivity contribution is -0.139. The van der Waals surface area contributed by atoms with Crippen molar-refractivity contribution >= 4 is 34.4 Å². The first-order valence-corrected chi connectivity index (χ1v) is 15.7. The molecule has 0 bridgehead atoms. The van der Waals surface area contributed by atoms with Gasteiger partial charge in [0.05, 0.1) is 29.9 Å². The molecule has 4 N–H and O–H groups in total. The number of halogens is 1. The molecular formula is C30H45IN2O8. The Morgan fingerprint density at radius 2 is 1.95 bits per heavy atom. The summed E-state index contributed by atoms with van der Waals surface area (Å²) in [6.07, 6.45) is 6.17. The molecule has 1 fully saturated rings. The molecule has 1 aromatic rings. The monoisotopic (exact) mass is 688 g/mol. The third-order valence-electron chi connectivity index (χ3n) is 7.79. The van der Waals surface area contributed by atoms with Crippen LogP contribution in [0.1, 0.15) is 63.9 Å². The van der Waals surface area contributed by atoms with Crippen LogP contribution in [0.2, 0.25) is 0 Å². The summed E-state index contributed by atoms with van der Waals surface area (Å²) in [6.45, 7) is 3.07. The Morgan fingerprint density at radius 1 is 1.20 bits per heavy atom. The Balaban J connectivity index is 1.91. The van der Waals surface area contributed by atoms with Crippen LogP contribution in [0.5, 0.6) is 11.5 Å². The average Bonchev–Trinajstić information content (AvgIpc) is 3.50. The van der Waals surface area contributed by atoms with Gasteiger partial charge in [-0.2, -0.15) is 0 Å². The zero-order valence-corrected chi connectivity index (χ0v) is 26.3. The van der Waals surface area contributed by atoms with Gasteiger partial charge in [0.1, 0.15) is 12.2 Å². The predicted molar refractivity (Wildman–Crippen MR) is 163 cm³/mol. The number of nitrogens with zero attached hydrogens (tertiary/aromatic N) is 1. The van der Waals surface area contributed by atoms with Crippen LogP contribution in [0, 0.1) is 9.49 Å². The van der Waals surface area contributed by atoms with Crippen molar-refractivity contribution in [2.75, 3.05) is 40.0 Å². The minimum absolute atomic E-state index is 0.0484. The number of nitrogens with one attached hydrogen (secondary N) is 1. The highest BCUT2D eigenvalue weighted by Gasteiger charge is 2.41. The number of amides is 2. The predicted octanol–water partition coefficient (Wildman–Crippen LogP) is 2.93. The topological polar surface area (TPSA) is 138 Å². The van der Waals surface area contributed by atoms with E-state index >= 15 is 0 Å². The molecular weight excluding hydrogens is 643 g/mol. The second-order valence-electron chi connectivity index (χ2n) is 10.6. The summed E-state index contributed by atoms with van der Waals surface area (Å²) < 4.78 is 18.0. The SMILES string of the molecule is CCOCCCN(C(=O)CCC1CCCC1)[C@@H]1CC(C(=O)NCCO)=C[C@H](Oc2c(I)cc(CO)cc2OC)[C@H]1O. The number of aliphatic hydroxyl groups is 3. The fourth-order valence-electron chi connectivity index (χ4n) is 5.62. The zero-order valence-electron chi connectivity index (χ0n) is 24.1. The molecule has 11 heteroatoms. The van der Waals surface area contributed by atoms with Gasteiger partial charge in [-0.1, -0.05) is 25.7 Å². The molecule has 0 aromatic heterocycles. The fourth-order valence-corrected chi connectivity index (χ4v) is 6.41. The summed E-state index contributed by atoms with van der Waals surface area (Å²) in [5.74, 6) is 0.878. The van der Waals surface area contributed by atoms with Gasteiger partial charge in [0, 0.05) is 44.7 Å². The van der Waals surface area contributed by atoms with Crippen molar-refractivity contribution in [1.29, 1.82) is 0 Å². The van der Waals surface area contributed by atoms with Crippen molar-refractivity contribution < 1.29 is 39.1 Å². The minimum atomic E-state index is -1.12. The Hall–Kier alpha value is -1.93. The third kappa shape index (κ3) is 9.54. The normalized spacial score (nSPS) is 20.9. The number of carbonyl (C=O) groups excluding carboxylic acids is 2. The van der Waals surface area contributed by atoms with E-state index in [2.05, 4.69) is 27.9 Å². The number of methoxy groups -OCH3 is 1. The molecule has 0 aliphatic heterocycles. The summed E-state index contributed by atoms with van der Waals surface area (Å²) in [6, 6.07) is 2.73. The van der Waals surface area contributed by atoms with Crippen LogP contribution in [-0.4, -0.2) is 90.3 Å². The summed E-state index contributed by atoms with van der Waals surface area (Å²) >= 11 is 2.08. The van der Waals surface area contributed by atoms with E-state index in [0.29, 0.717) is 64.7 Å². The lowest BCUT2D eigenvalue weighted by Gasteiger charge is -2.41.